The van der Waals surface area contributed by atoms with Crippen LogP contribution in [0.5, 0.6) is 5.75 Å². The standard InChI is InChI=1S/C23H16N2O3S2/c1-27-18-8-4-16(5-9-18)14-25-22(26)21(30-23(25)29)12-19-10-11-20(28-19)17-6-2-15(13-24)3-7-17/h2-12H,14H2,1H3. The molecule has 1 aliphatic rings. The lowest BCUT2D eigenvalue weighted by Gasteiger charge is -2.14. The highest BCUT2D eigenvalue weighted by Gasteiger charge is 2.32. The number of hydrogen-bond acceptors (Lipinski definition) is 6. The van der Waals surface area contributed by atoms with Gasteiger partial charge in [-0.25, -0.2) is 0 Å². The second kappa shape index (κ2) is 8.57. The molecule has 0 aliphatic carbocycles. The molecule has 5 nitrogen and oxygen atoms in total. The topological polar surface area (TPSA) is 66.5 Å². The van der Waals surface area contributed by atoms with Crippen LogP contribution < -0.4 is 4.74 Å². The molecule has 0 spiro atoms. The number of amides is 1. The lowest BCUT2D eigenvalue weighted by atomic mass is 10.1. The van der Waals surface area contributed by atoms with E-state index < -0.39 is 0 Å². The van der Waals surface area contributed by atoms with E-state index in [0.29, 0.717) is 32.9 Å². The Morgan fingerprint density at radius 2 is 1.87 bits per heavy atom. The first-order valence-electron chi connectivity index (χ1n) is 9.06. The van der Waals surface area contributed by atoms with Crippen LogP contribution >= 0.6 is 24.0 Å². The number of benzene rings is 2. The van der Waals surface area contributed by atoms with Gasteiger partial charge in [0.25, 0.3) is 5.91 Å². The molecule has 0 bridgehead atoms. The van der Waals surface area contributed by atoms with E-state index in [9.17, 15) is 4.79 Å². The van der Waals surface area contributed by atoms with E-state index in [1.54, 1.807) is 30.2 Å². The predicted molar refractivity (Wildman–Crippen MR) is 121 cm³/mol. The van der Waals surface area contributed by atoms with Crippen molar-refractivity contribution >= 4 is 40.3 Å². The van der Waals surface area contributed by atoms with E-state index >= 15 is 0 Å². The third-order valence-corrected chi connectivity index (χ3v) is 5.95. The summed E-state index contributed by atoms with van der Waals surface area (Å²) in [5, 5.41) is 8.91. The van der Waals surface area contributed by atoms with Gasteiger partial charge in [0, 0.05) is 11.6 Å². The Balaban J connectivity index is 1.50. The number of ether oxygens (including phenoxy) is 1. The number of carbonyl (C=O) groups excluding carboxylic acids is 1. The van der Waals surface area contributed by atoms with Gasteiger partial charge in [-0.05, 0) is 54.1 Å². The maximum Gasteiger partial charge on any atom is 0.266 e. The average molecular weight is 433 g/mol. The summed E-state index contributed by atoms with van der Waals surface area (Å²) < 4.78 is 11.5. The number of furan rings is 1. The van der Waals surface area contributed by atoms with Crippen LogP contribution in [0.25, 0.3) is 17.4 Å². The van der Waals surface area contributed by atoms with Gasteiger partial charge in [-0.15, -0.1) is 0 Å². The molecular weight excluding hydrogens is 416 g/mol. The van der Waals surface area contributed by atoms with E-state index in [-0.39, 0.29) is 5.91 Å². The molecule has 3 aromatic rings. The second-order valence-electron chi connectivity index (χ2n) is 6.51. The van der Waals surface area contributed by atoms with Crippen molar-refractivity contribution < 1.29 is 13.9 Å². The normalized spacial score (nSPS) is 14.9. The molecule has 1 fully saturated rings. The van der Waals surface area contributed by atoms with Crippen LogP contribution in [0.4, 0.5) is 0 Å². The van der Waals surface area contributed by atoms with Crippen molar-refractivity contribution in [1.82, 2.24) is 4.90 Å². The monoisotopic (exact) mass is 432 g/mol. The zero-order chi connectivity index (χ0) is 21.1. The third kappa shape index (κ3) is 4.15. The molecule has 2 aromatic carbocycles. The van der Waals surface area contributed by atoms with Crippen molar-refractivity contribution in [3.05, 3.63) is 82.5 Å². The van der Waals surface area contributed by atoms with Crippen molar-refractivity contribution in [3.63, 3.8) is 0 Å². The van der Waals surface area contributed by atoms with Crippen molar-refractivity contribution in [3.8, 4) is 23.1 Å². The van der Waals surface area contributed by atoms with Crippen molar-refractivity contribution in [1.29, 1.82) is 5.26 Å². The number of rotatable bonds is 5. The number of nitrogens with zero attached hydrogens (tertiary/aromatic N) is 2. The highest BCUT2D eigenvalue weighted by molar-refractivity contribution is 8.26. The van der Waals surface area contributed by atoms with E-state index in [0.717, 1.165) is 16.9 Å². The van der Waals surface area contributed by atoms with Crippen LogP contribution in [0.3, 0.4) is 0 Å². The molecule has 0 N–H and O–H groups in total. The molecule has 0 atom stereocenters. The molecule has 4 rings (SSSR count). The second-order valence-corrected chi connectivity index (χ2v) is 8.18. The highest BCUT2D eigenvalue weighted by atomic mass is 32.2. The first-order chi connectivity index (χ1) is 14.6. The molecule has 0 unspecified atom stereocenters. The maximum absolute atomic E-state index is 12.8. The number of hydrogen-bond donors (Lipinski definition) is 0. The summed E-state index contributed by atoms with van der Waals surface area (Å²) in [6.07, 6.45) is 1.71. The molecule has 30 heavy (non-hydrogen) atoms. The van der Waals surface area contributed by atoms with Gasteiger partial charge in [0.05, 0.1) is 30.2 Å². The molecular formula is C23H16N2O3S2. The van der Waals surface area contributed by atoms with Gasteiger partial charge < -0.3 is 9.15 Å². The molecule has 2 heterocycles. The summed E-state index contributed by atoms with van der Waals surface area (Å²) in [5.41, 5.74) is 2.42. The Morgan fingerprint density at radius 1 is 1.13 bits per heavy atom. The van der Waals surface area contributed by atoms with E-state index in [4.69, 9.17) is 26.6 Å². The SMILES string of the molecule is COc1ccc(CN2C(=O)C(=Cc3ccc(-c4ccc(C#N)cc4)o3)SC2=S)cc1. The van der Waals surface area contributed by atoms with Gasteiger partial charge >= 0.3 is 0 Å². The number of methoxy groups -OCH3 is 1. The Morgan fingerprint density at radius 3 is 2.53 bits per heavy atom. The van der Waals surface area contributed by atoms with Gasteiger partial charge in [-0.3, -0.25) is 9.69 Å². The number of nitriles is 1. The largest absolute Gasteiger partial charge is 0.497 e. The minimum atomic E-state index is -0.142. The van der Waals surface area contributed by atoms with Gasteiger partial charge in [0.1, 0.15) is 21.6 Å². The molecule has 0 radical (unpaired) electrons. The van der Waals surface area contributed by atoms with E-state index in [1.165, 1.54) is 11.8 Å². The zero-order valence-electron chi connectivity index (χ0n) is 16.0. The molecule has 1 saturated heterocycles. The first kappa shape index (κ1) is 20.0. The molecule has 1 amide bonds. The average Bonchev–Trinajstić information content (AvgIpc) is 3.35. The van der Waals surface area contributed by atoms with Crippen molar-refractivity contribution in [2.24, 2.45) is 0 Å². The van der Waals surface area contributed by atoms with E-state index in [1.807, 2.05) is 48.5 Å². The predicted octanol–water partition coefficient (Wildman–Crippen LogP) is 5.23. The summed E-state index contributed by atoms with van der Waals surface area (Å²) >= 11 is 6.67. The van der Waals surface area contributed by atoms with Crippen molar-refractivity contribution in [2.75, 3.05) is 7.11 Å². The Labute approximate surface area is 183 Å². The van der Waals surface area contributed by atoms with E-state index in [2.05, 4.69) is 6.07 Å². The van der Waals surface area contributed by atoms with Crippen LogP contribution in [-0.4, -0.2) is 22.2 Å². The fourth-order valence-corrected chi connectivity index (χ4v) is 4.21. The maximum atomic E-state index is 12.8. The molecule has 148 valence electrons. The lowest BCUT2D eigenvalue weighted by molar-refractivity contribution is -0.122. The summed E-state index contributed by atoms with van der Waals surface area (Å²) in [5.74, 6) is 1.86. The minimum Gasteiger partial charge on any atom is -0.497 e. The van der Waals surface area contributed by atoms with Crippen LogP contribution in [-0.2, 0) is 11.3 Å². The van der Waals surface area contributed by atoms with Crippen LogP contribution in [0.2, 0.25) is 0 Å². The summed E-state index contributed by atoms with van der Waals surface area (Å²) in [4.78, 5) is 15.0. The molecule has 1 aliphatic heterocycles. The number of thiocarbonyl (C=S) groups is 1. The number of thioether (sulfide) groups is 1. The Bertz CT molecular complexity index is 1170. The number of carbonyl (C=O) groups is 1. The Kier molecular flexibility index (Phi) is 5.70. The summed E-state index contributed by atoms with van der Waals surface area (Å²) in [7, 11) is 1.61. The van der Waals surface area contributed by atoms with Crippen LogP contribution in [0.15, 0.2) is 70.0 Å². The van der Waals surface area contributed by atoms with Crippen LogP contribution in [0, 0.1) is 11.3 Å². The van der Waals surface area contributed by atoms with Crippen LogP contribution in [0.1, 0.15) is 16.9 Å². The fraction of sp³-hybridized carbons (Fsp3) is 0.0870. The molecule has 7 heteroatoms. The molecule has 1 aromatic heterocycles. The minimum absolute atomic E-state index is 0.142. The summed E-state index contributed by atoms with van der Waals surface area (Å²) in [6, 6.07) is 20.4. The third-order valence-electron chi connectivity index (χ3n) is 4.57. The molecule has 0 saturated carbocycles. The smallest absolute Gasteiger partial charge is 0.266 e. The quantitative estimate of drug-likeness (QED) is 0.406. The lowest BCUT2D eigenvalue weighted by Crippen LogP contribution is -2.27. The van der Waals surface area contributed by atoms with Crippen molar-refractivity contribution in [2.45, 2.75) is 6.54 Å². The fourth-order valence-electron chi connectivity index (χ4n) is 2.97. The van der Waals surface area contributed by atoms with Gasteiger partial charge in [0.15, 0.2) is 0 Å². The summed E-state index contributed by atoms with van der Waals surface area (Å²) in [6.45, 7) is 0.403. The van der Waals surface area contributed by atoms with Gasteiger partial charge in [-0.2, -0.15) is 5.26 Å². The highest BCUT2D eigenvalue weighted by Crippen LogP contribution is 2.34. The first-order valence-corrected chi connectivity index (χ1v) is 10.3. The van der Waals surface area contributed by atoms with Gasteiger partial charge in [0.2, 0.25) is 0 Å². The Hall–Kier alpha value is -3.34. The zero-order valence-corrected chi connectivity index (χ0v) is 17.6. The van der Waals surface area contributed by atoms with Gasteiger partial charge in [-0.1, -0.05) is 36.1 Å².